The van der Waals surface area contributed by atoms with Gasteiger partial charge in [0.15, 0.2) is 5.84 Å². The molecule has 30 heavy (non-hydrogen) atoms. The molecule has 0 bridgehead atoms. The number of para-hydroxylation sites is 2. The number of hydrogen-bond donors (Lipinski definition) is 1. The third-order valence-corrected chi connectivity index (χ3v) is 5.26. The highest BCUT2D eigenvalue weighted by molar-refractivity contribution is 6.28. The minimum absolute atomic E-state index is 0.222. The molecule has 5 rings (SSSR count). The molecule has 0 amide bonds. The van der Waals surface area contributed by atoms with Crippen LogP contribution in [0.15, 0.2) is 99.7 Å². The van der Waals surface area contributed by atoms with Gasteiger partial charge >= 0.3 is 0 Å². The van der Waals surface area contributed by atoms with Crippen molar-refractivity contribution in [1.29, 1.82) is 0 Å². The molecule has 5 heteroatoms. The Bertz CT molecular complexity index is 1330. The average Bonchev–Trinajstić information content (AvgIpc) is 3.14. The first-order valence-electron chi connectivity index (χ1n) is 9.76. The maximum absolute atomic E-state index is 5.44. The molecule has 0 spiro atoms. The van der Waals surface area contributed by atoms with Gasteiger partial charge in [0.25, 0.3) is 0 Å². The molecule has 3 aromatic rings. The third kappa shape index (κ3) is 2.78. The highest BCUT2D eigenvalue weighted by Crippen LogP contribution is 2.30. The van der Waals surface area contributed by atoms with Crippen molar-refractivity contribution < 1.29 is 0 Å². The van der Waals surface area contributed by atoms with E-state index < -0.39 is 0 Å². The SMILES string of the molecule is C#C/C=C\C(=C/C)C1=NC(n2c3ccccc3c3ccccc32)=NC2=NC=CNC21. The minimum atomic E-state index is -0.222. The van der Waals surface area contributed by atoms with E-state index in [1.165, 1.54) is 0 Å². The first-order chi connectivity index (χ1) is 14.8. The monoisotopic (exact) mass is 389 g/mol. The van der Waals surface area contributed by atoms with E-state index in [9.17, 15) is 0 Å². The molecule has 2 aromatic carbocycles. The summed E-state index contributed by atoms with van der Waals surface area (Å²) in [5, 5.41) is 5.65. The maximum atomic E-state index is 5.44. The number of rotatable bonds is 2. The van der Waals surface area contributed by atoms with E-state index in [2.05, 4.69) is 57.2 Å². The Morgan fingerprint density at radius 1 is 1.07 bits per heavy atom. The standard InChI is InChI=1S/C25H19N5/c1-3-5-10-17(4-2)22-23-24(27-16-15-26-23)29-25(28-22)30-20-13-8-6-11-18(20)19-12-7-9-14-21(19)30/h1,4-16,23,26H,2H3/b10-5-,17-4+. The van der Waals surface area contributed by atoms with Crippen LogP contribution in [0, 0.1) is 12.3 Å². The van der Waals surface area contributed by atoms with Crippen molar-refractivity contribution in [3.63, 3.8) is 0 Å². The fraction of sp³-hybridized carbons (Fsp3) is 0.0800. The van der Waals surface area contributed by atoms with Gasteiger partial charge in [-0.3, -0.25) is 4.57 Å². The van der Waals surface area contributed by atoms with Gasteiger partial charge in [-0.2, -0.15) is 4.99 Å². The number of nitrogens with zero attached hydrogens (tertiary/aromatic N) is 4. The number of fused-ring (bicyclic) bond motifs is 4. The summed E-state index contributed by atoms with van der Waals surface area (Å²) in [5.74, 6) is 3.81. The quantitative estimate of drug-likeness (QED) is 0.512. The normalized spacial score (nSPS) is 18.6. The fourth-order valence-corrected chi connectivity index (χ4v) is 3.93. The summed E-state index contributed by atoms with van der Waals surface area (Å²) in [6, 6.07) is 16.4. The van der Waals surface area contributed by atoms with E-state index in [1.54, 1.807) is 12.3 Å². The topological polar surface area (TPSA) is 54.0 Å². The summed E-state index contributed by atoms with van der Waals surface area (Å²) < 4.78 is 2.10. The van der Waals surface area contributed by atoms with Gasteiger partial charge in [0.1, 0.15) is 6.04 Å². The van der Waals surface area contributed by atoms with Gasteiger partial charge < -0.3 is 5.32 Å². The predicted molar refractivity (Wildman–Crippen MR) is 125 cm³/mol. The Kier molecular flexibility index (Phi) is 4.38. The second-order valence-corrected chi connectivity index (χ2v) is 6.93. The van der Waals surface area contributed by atoms with E-state index in [0.29, 0.717) is 11.8 Å². The lowest BCUT2D eigenvalue weighted by molar-refractivity contribution is 0.872. The predicted octanol–water partition coefficient (Wildman–Crippen LogP) is 4.43. The summed E-state index contributed by atoms with van der Waals surface area (Å²) in [5.41, 5.74) is 3.88. The van der Waals surface area contributed by atoms with Crippen LogP contribution in [0.4, 0.5) is 0 Å². The molecule has 0 saturated carbocycles. The molecule has 3 heterocycles. The number of terminal acetylenes is 1. The van der Waals surface area contributed by atoms with E-state index in [-0.39, 0.29) is 6.04 Å². The van der Waals surface area contributed by atoms with Crippen LogP contribution in [-0.4, -0.2) is 28.1 Å². The molecule has 2 aliphatic rings. The van der Waals surface area contributed by atoms with Gasteiger partial charge in [0, 0.05) is 23.2 Å². The number of nitrogens with one attached hydrogen (secondary N) is 1. The Morgan fingerprint density at radius 3 is 2.43 bits per heavy atom. The summed E-state index contributed by atoms with van der Waals surface area (Å²) in [6.45, 7) is 1.97. The highest BCUT2D eigenvalue weighted by Gasteiger charge is 2.30. The molecule has 5 nitrogen and oxygen atoms in total. The van der Waals surface area contributed by atoms with Crippen molar-refractivity contribution in [1.82, 2.24) is 9.88 Å². The van der Waals surface area contributed by atoms with E-state index >= 15 is 0 Å². The van der Waals surface area contributed by atoms with Crippen molar-refractivity contribution in [3.8, 4) is 12.3 Å². The Balaban J connectivity index is 1.79. The van der Waals surface area contributed by atoms with Crippen LogP contribution in [-0.2, 0) is 0 Å². The molecule has 0 fully saturated rings. The maximum Gasteiger partial charge on any atom is 0.236 e. The Morgan fingerprint density at radius 2 is 1.77 bits per heavy atom. The summed E-state index contributed by atoms with van der Waals surface area (Å²) in [7, 11) is 0. The number of benzene rings is 2. The van der Waals surface area contributed by atoms with Crippen molar-refractivity contribution in [2.24, 2.45) is 15.0 Å². The molecule has 1 aromatic heterocycles. The number of hydrogen-bond acceptors (Lipinski definition) is 4. The zero-order chi connectivity index (χ0) is 20.5. The van der Waals surface area contributed by atoms with Gasteiger partial charge in [-0.1, -0.05) is 48.4 Å². The molecule has 2 aliphatic heterocycles. The zero-order valence-electron chi connectivity index (χ0n) is 16.4. The minimum Gasteiger partial charge on any atom is -0.375 e. The molecule has 0 aliphatic carbocycles. The van der Waals surface area contributed by atoms with Crippen molar-refractivity contribution >= 4 is 39.3 Å². The highest BCUT2D eigenvalue weighted by atomic mass is 15.2. The fourth-order valence-electron chi connectivity index (χ4n) is 3.93. The molecular formula is C25H19N5. The molecule has 1 unspecified atom stereocenters. The largest absolute Gasteiger partial charge is 0.375 e. The van der Waals surface area contributed by atoms with E-state index in [0.717, 1.165) is 33.1 Å². The molecule has 0 radical (unpaired) electrons. The van der Waals surface area contributed by atoms with Crippen molar-refractivity contribution in [2.75, 3.05) is 0 Å². The van der Waals surface area contributed by atoms with Crippen LogP contribution in [0.1, 0.15) is 6.92 Å². The lowest BCUT2D eigenvalue weighted by Gasteiger charge is -2.26. The molecule has 0 saturated heterocycles. The van der Waals surface area contributed by atoms with Crippen molar-refractivity contribution in [2.45, 2.75) is 13.0 Å². The molecule has 1 N–H and O–H groups in total. The molecular weight excluding hydrogens is 370 g/mol. The zero-order valence-corrected chi connectivity index (χ0v) is 16.4. The van der Waals surface area contributed by atoms with Crippen LogP contribution < -0.4 is 5.32 Å². The summed E-state index contributed by atoms with van der Waals surface area (Å²) >= 11 is 0. The lowest BCUT2D eigenvalue weighted by atomic mass is 10.00. The van der Waals surface area contributed by atoms with Crippen LogP contribution in [0.2, 0.25) is 0 Å². The number of aromatic nitrogens is 1. The Labute approximate surface area is 174 Å². The molecule has 144 valence electrons. The van der Waals surface area contributed by atoms with Crippen molar-refractivity contribution in [3.05, 3.63) is 84.7 Å². The van der Waals surface area contributed by atoms with Gasteiger partial charge in [-0.15, -0.1) is 6.42 Å². The first-order valence-corrected chi connectivity index (χ1v) is 9.76. The lowest BCUT2D eigenvalue weighted by Crippen LogP contribution is -2.45. The summed E-state index contributed by atoms with van der Waals surface area (Å²) in [4.78, 5) is 14.3. The Hall–Kier alpha value is -4.17. The number of amidine groups is 1. The van der Waals surface area contributed by atoms with E-state index in [4.69, 9.17) is 16.4 Å². The van der Waals surface area contributed by atoms with Gasteiger partial charge in [-0.25, -0.2) is 9.98 Å². The number of aliphatic imine (C=N–C) groups is 3. The smallest absolute Gasteiger partial charge is 0.236 e. The van der Waals surface area contributed by atoms with Crippen LogP contribution in [0.3, 0.4) is 0 Å². The average molecular weight is 389 g/mol. The van der Waals surface area contributed by atoms with E-state index in [1.807, 2.05) is 37.4 Å². The van der Waals surface area contributed by atoms with Crippen LogP contribution in [0.5, 0.6) is 0 Å². The second kappa shape index (κ2) is 7.34. The summed E-state index contributed by atoms with van der Waals surface area (Å²) in [6.07, 6.45) is 14.5. The van der Waals surface area contributed by atoms with Gasteiger partial charge in [-0.05, 0) is 36.8 Å². The van der Waals surface area contributed by atoms with Crippen LogP contribution in [0.25, 0.3) is 21.8 Å². The van der Waals surface area contributed by atoms with Gasteiger partial charge in [0.2, 0.25) is 5.96 Å². The molecule has 1 atom stereocenters. The van der Waals surface area contributed by atoms with Crippen LogP contribution >= 0.6 is 0 Å². The first kappa shape index (κ1) is 17.9. The number of allylic oxidation sites excluding steroid dienone is 3. The third-order valence-electron chi connectivity index (χ3n) is 5.26. The van der Waals surface area contributed by atoms with Gasteiger partial charge in [0.05, 0.1) is 16.7 Å². The second-order valence-electron chi connectivity index (χ2n) is 6.93.